The highest BCUT2D eigenvalue weighted by Crippen LogP contribution is 2.07. The van der Waals surface area contributed by atoms with Gasteiger partial charge in [-0.2, -0.15) is 0 Å². The maximum Gasteiger partial charge on any atom is 0.272 e. The SMILES string of the molecule is Cc1cccnc1C(=O)N1CCNCC1.Cl.Cl. The van der Waals surface area contributed by atoms with Gasteiger partial charge in [-0.3, -0.25) is 9.78 Å². The van der Waals surface area contributed by atoms with Crippen LogP contribution in [0, 0.1) is 6.92 Å². The zero-order valence-corrected chi connectivity index (χ0v) is 11.3. The molecule has 2 rings (SSSR count). The number of aryl methyl sites for hydroxylation is 1. The van der Waals surface area contributed by atoms with E-state index >= 15 is 0 Å². The fourth-order valence-electron chi connectivity index (χ4n) is 1.73. The molecule has 0 atom stereocenters. The van der Waals surface area contributed by atoms with E-state index in [1.807, 2.05) is 24.0 Å². The number of hydrogen-bond acceptors (Lipinski definition) is 3. The van der Waals surface area contributed by atoms with E-state index in [0.717, 1.165) is 31.7 Å². The number of nitrogens with zero attached hydrogens (tertiary/aromatic N) is 2. The Hall–Kier alpha value is -0.840. The zero-order chi connectivity index (χ0) is 10.7. The normalized spacial score (nSPS) is 14.5. The van der Waals surface area contributed by atoms with Gasteiger partial charge in [0.25, 0.3) is 5.91 Å². The van der Waals surface area contributed by atoms with Gasteiger partial charge in [0.2, 0.25) is 0 Å². The van der Waals surface area contributed by atoms with Gasteiger partial charge in [-0.25, -0.2) is 0 Å². The topological polar surface area (TPSA) is 45.2 Å². The van der Waals surface area contributed by atoms with Gasteiger partial charge in [0.15, 0.2) is 0 Å². The molecule has 17 heavy (non-hydrogen) atoms. The fourth-order valence-corrected chi connectivity index (χ4v) is 1.73. The first kappa shape index (κ1) is 16.2. The molecule has 1 aromatic rings. The number of amides is 1. The molecule has 1 N–H and O–H groups in total. The van der Waals surface area contributed by atoms with Gasteiger partial charge >= 0.3 is 0 Å². The molecular formula is C11H17Cl2N3O. The van der Waals surface area contributed by atoms with Crippen molar-refractivity contribution in [3.05, 3.63) is 29.6 Å². The van der Waals surface area contributed by atoms with Gasteiger partial charge in [-0.1, -0.05) is 6.07 Å². The van der Waals surface area contributed by atoms with Crippen LogP contribution < -0.4 is 5.32 Å². The van der Waals surface area contributed by atoms with E-state index in [0.29, 0.717) is 5.69 Å². The molecule has 4 nitrogen and oxygen atoms in total. The summed E-state index contributed by atoms with van der Waals surface area (Å²) in [7, 11) is 0. The third-order valence-electron chi connectivity index (χ3n) is 2.62. The van der Waals surface area contributed by atoms with Crippen molar-refractivity contribution in [2.24, 2.45) is 0 Å². The number of aromatic nitrogens is 1. The first-order chi connectivity index (χ1) is 7.29. The Kier molecular flexibility index (Phi) is 7.11. The van der Waals surface area contributed by atoms with Crippen molar-refractivity contribution in [1.29, 1.82) is 0 Å². The molecule has 1 aliphatic rings. The van der Waals surface area contributed by atoms with Crippen molar-refractivity contribution in [2.75, 3.05) is 26.2 Å². The van der Waals surface area contributed by atoms with Gasteiger partial charge in [-0.15, -0.1) is 24.8 Å². The minimum atomic E-state index is 0. The number of piperazine rings is 1. The van der Waals surface area contributed by atoms with Crippen molar-refractivity contribution in [3.8, 4) is 0 Å². The molecule has 96 valence electrons. The van der Waals surface area contributed by atoms with E-state index in [1.165, 1.54) is 0 Å². The summed E-state index contributed by atoms with van der Waals surface area (Å²) in [6.45, 7) is 5.21. The maximum atomic E-state index is 12.1. The highest BCUT2D eigenvalue weighted by Gasteiger charge is 2.19. The van der Waals surface area contributed by atoms with Crippen LogP contribution in [0.25, 0.3) is 0 Å². The summed E-state index contributed by atoms with van der Waals surface area (Å²) < 4.78 is 0. The molecule has 1 amide bonds. The molecule has 2 heterocycles. The van der Waals surface area contributed by atoms with Crippen LogP contribution in [-0.2, 0) is 0 Å². The highest BCUT2D eigenvalue weighted by atomic mass is 35.5. The lowest BCUT2D eigenvalue weighted by atomic mass is 10.2. The lowest BCUT2D eigenvalue weighted by molar-refractivity contribution is 0.0729. The lowest BCUT2D eigenvalue weighted by Crippen LogP contribution is -2.46. The fraction of sp³-hybridized carbons (Fsp3) is 0.455. The molecule has 1 aromatic heterocycles. The molecule has 1 saturated heterocycles. The standard InChI is InChI=1S/C11H15N3O.2ClH/c1-9-3-2-4-13-10(9)11(15)14-7-5-12-6-8-14;;/h2-4,12H,5-8H2,1H3;2*1H. The van der Waals surface area contributed by atoms with E-state index in [1.54, 1.807) is 6.20 Å². The minimum absolute atomic E-state index is 0. The zero-order valence-electron chi connectivity index (χ0n) is 9.68. The van der Waals surface area contributed by atoms with E-state index < -0.39 is 0 Å². The van der Waals surface area contributed by atoms with Crippen LogP contribution in [0.4, 0.5) is 0 Å². The van der Waals surface area contributed by atoms with Gasteiger partial charge in [0.05, 0.1) is 0 Å². The van der Waals surface area contributed by atoms with E-state index in [4.69, 9.17) is 0 Å². The number of hydrogen-bond donors (Lipinski definition) is 1. The van der Waals surface area contributed by atoms with Crippen molar-refractivity contribution in [3.63, 3.8) is 0 Å². The minimum Gasteiger partial charge on any atom is -0.335 e. The highest BCUT2D eigenvalue weighted by molar-refractivity contribution is 5.93. The summed E-state index contributed by atoms with van der Waals surface area (Å²) in [5, 5.41) is 3.22. The second-order valence-electron chi connectivity index (χ2n) is 3.71. The van der Waals surface area contributed by atoms with Gasteiger partial charge < -0.3 is 10.2 Å². The Balaban J connectivity index is 0.00000128. The molecule has 1 fully saturated rings. The molecular weight excluding hydrogens is 261 g/mol. The number of pyridine rings is 1. The second-order valence-corrected chi connectivity index (χ2v) is 3.71. The predicted molar refractivity (Wildman–Crippen MR) is 72.2 cm³/mol. The van der Waals surface area contributed by atoms with E-state index in [2.05, 4.69) is 10.3 Å². The van der Waals surface area contributed by atoms with Crippen LogP contribution in [0.1, 0.15) is 16.1 Å². The smallest absolute Gasteiger partial charge is 0.272 e. The molecule has 0 unspecified atom stereocenters. The number of halogens is 2. The van der Waals surface area contributed by atoms with Crippen LogP contribution in [0.5, 0.6) is 0 Å². The summed E-state index contributed by atoms with van der Waals surface area (Å²) in [4.78, 5) is 18.1. The molecule has 0 bridgehead atoms. The van der Waals surface area contributed by atoms with Gasteiger partial charge in [-0.05, 0) is 18.6 Å². The Labute approximate surface area is 114 Å². The lowest BCUT2D eigenvalue weighted by Gasteiger charge is -2.27. The molecule has 0 spiro atoms. The first-order valence-corrected chi connectivity index (χ1v) is 5.20. The molecule has 0 saturated carbocycles. The van der Waals surface area contributed by atoms with Crippen molar-refractivity contribution >= 4 is 30.7 Å². The van der Waals surface area contributed by atoms with Crippen molar-refractivity contribution in [1.82, 2.24) is 15.2 Å². The van der Waals surface area contributed by atoms with Gasteiger partial charge in [0, 0.05) is 32.4 Å². The predicted octanol–water partition coefficient (Wildman–Crippen LogP) is 1.28. The molecule has 0 aliphatic carbocycles. The first-order valence-electron chi connectivity index (χ1n) is 5.20. The number of nitrogens with one attached hydrogen (secondary N) is 1. The molecule has 0 radical (unpaired) electrons. The summed E-state index contributed by atoms with van der Waals surface area (Å²) in [5.74, 6) is 0.0506. The summed E-state index contributed by atoms with van der Waals surface area (Å²) in [6.07, 6.45) is 1.67. The summed E-state index contributed by atoms with van der Waals surface area (Å²) in [5.41, 5.74) is 1.53. The maximum absolute atomic E-state index is 12.1. The largest absolute Gasteiger partial charge is 0.335 e. The number of rotatable bonds is 1. The van der Waals surface area contributed by atoms with Crippen LogP contribution in [0.2, 0.25) is 0 Å². The quantitative estimate of drug-likeness (QED) is 0.841. The Morgan fingerprint density at radius 1 is 1.35 bits per heavy atom. The third-order valence-corrected chi connectivity index (χ3v) is 2.62. The Morgan fingerprint density at radius 3 is 2.59 bits per heavy atom. The van der Waals surface area contributed by atoms with Crippen LogP contribution >= 0.6 is 24.8 Å². The second kappa shape index (κ2) is 7.48. The van der Waals surface area contributed by atoms with E-state index in [-0.39, 0.29) is 30.7 Å². The third kappa shape index (κ3) is 3.84. The van der Waals surface area contributed by atoms with Gasteiger partial charge in [0.1, 0.15) is 5.69 Å². The Bertz CT molecular complexity index is 367. The monoisotopic (exact) mass is 277 g/mol. The van der Waals surface area contributed by atoms with Crippen molar-refractivity contribution in [2.45, 2.75) is 6.92 Å². The Morgan fingerprint density at radius 2 is 2.00 bits per heavy atom. The van der Waals surface area contributed by atoms with E-state index in [9.17, 15) is 4.79 Å². The molecule has 6 heteroatoms. The number of carbonyl (C=O) groups is 1. The van der Waals surface area contributed by atoms with Crippen LogP contribution in [0.3, 0.4) is 0 Å². The van der Waals surface area contributed by atoms with Crippen LogP contribution in [0.15, 0.2) is 18.3 Å². The average molecular weight is 278 g/mol. The van der Waals surface area contributed by atoms with Crippen LogP contribution in [-0.4, -0.2) is 42.0 Å². The number of carbonyl (C=O) groups excluding carboxylic acids is 1. The summed E-state index contributed by atoms with van der Waals surface area (Å²) >= 11 is 0. The average Bonchev–Trinajstić information content (AvgIpc) is 2.30. The van der Waals surface area contributed by atoms with Crippen molar-refractivity contribution < 1.29 is 4.79 Å². The molecule has 0 aromatic carbocycles. The molecule has 1 aliphatic heterocycles. The summed E-state index contributed by atoms with van der Waals surface area (Å²) in [6, 6.07) is 3.77.